The van der Waals surface area contributed by atoms with Gasteiger partial charge in [0.25, 0.3) is 5.92 Å². The molecule has 0 spiro atoms. The lowest BCUT2D eigenvalue weighted by Crippen LogP contribution is -2.58. The molecule has 1 aliphatic rings. The van der Waals surface area contributed by atoms with Crippen LogP contribution in [0.25, 0.3) is 0 Å². The first-order valence-electron chi connectivity index (χ1n) is 7.38. The standard InChI is InChI=1S/C14H26F2N2O2/c1-11(2)13(20)17-12-6-8-18(10-14(12,15)16)7-4-3-5-9-19/h11-12,19H,3-10H2,1-2H3,(H,17,20). The first kappa shape index (κ1) is 17.3. The van der Waals surface area contributed by atoms with Crippen LogP contribution in [0, 0.1) is 5.92 Å². The molecule has 1 aliphatic heterocycles. The number of hydrogen-bond acceptors (Lipinski definition) is 3. The number of halogens is 2. The molecule has 1 amide bonds. The van der Waals surface area contributed by atoms with Crippen LogP contribution in [0.5, 0.6) is 0 Å². The summed E-state index contributed by atoms with van der Waals surface area (Å²) < 4.78 is 28.0. The normalized spacial score (nSPS) is 23.0. The average molecular weight is 292 g/mol. The van der Waals surface area contributed by atoms with Crippen molar-refractivity contribution in [2.75, 3.05) is 26.2 Å². The van der Waals surface area contributed by atoms with Crippen molar-refractivity contribution in [1.82, 2.24) is 10.2 Å². The summed E-state index contributed by atoms with van der Waals surface area (Å²) in [5.41, 5.74) is 0. The molecule has 0 aliphatic carbocycles. The molecular formula is C14H26F2N2O2. The maximum absolute atomic E-state index is 14.0. The van der Waals surface area contributed by atoms with Crippen molar-refractivity contribution in [2.24, 2.45) is 5.92 Å². The monoisotopic (exact) mass is 292 g/mol. The fourth-order valence-electron chi connectivity index (χ4n) is 2.34. The van der Waals surface area contributed by atoms with E-state index in [0.717, 1.165) is 19.3 Å². The van der Waals surface area contributed by atoms with Crippen LogP contribution >= 0.6 is 0 Å². The molecule has 1 saturated heterocycles. The van der Waals surface area contributed by atoms with Crippen molar-refractivity contribution in [3.05, 3.63) is 0 Å². The third kappa shape index (κ3) is 5.32. The lowest BCUT2D eigenvalue weighted by molar-refractivity contribution is -0.133. The van der Waals surface area contributed by atoms with Crippen LogP contribution in [0.3, 0.4) is 0 Å². The van der Waals surface area contributed by atoms with Crippen molar-refractivity contribution in [1.29, 1.82) is 0 Å². The lowest BCUT2D eigenvalue weighted by atomic mass is 9.99. The van der Waals surface area contributed by atoms with Crippen LogP contribution in [0.1, 0.15) is 39.5 Å². The molecule has 1 atom stereocenters. The molecule has 0 bridgehead atoms. The van der Waals surface area contributed by atoms with Crippen LogP contribution in [-0.4, -0.2) is 54.1 Å². The highest BCUT2D eigenvalue weighted by Gasteiger charge is 2.45. The van der Waals surface area contributed by atoms with Crippen LogP contribution in [-0.2, 0) is 4.79 Å². The van der Waals surface area contributed by atoms with E-state index in [-0.39, 0.29) is 31.4 Å². The summed E-state index contributed by atoms with van der Waals surface area (Å²) in [6.45, 7) is 4.46. The minimum absolute atomic E-state index is 0.152. The van der Waals surface area contributed by atoms with Crippen molar-refractivity contribution >= 4 is 5.91 Å². The predicted molar refractivity (Wildman–Crippen MR) is 73.7 cm³/mol. The molecular weight excluding hydrogens is 266 g/mol. The zero-order chi connectivity index (χ0) is 15.2. The summed E-state index contributed by atoms with van der Waals surface area (Å²) >= 11 is 0. The van der Waals surface area contributed by atoms with Gasteiger partial charge in [-0.15, -0.1) is 0 Å². The summed E-state index contributed by atoms with van der Waals surface area (Å²) in [5, 5.41) is 11.1. The molecule has 6 heteroatoms. The fraction of sp³-hybridized carbons (Fsp3) is 0.929. The molecule has 0 aromatic carbocycles. The van der Waals surface area contributed by atoms with Gasteiger partial charge in [-0.05, 0) is 32.2 Å². The Morgan fingerprint density at radius 3 is 2.65 bits per heavy atom. The van der Waals surface area contributed by atoms with E-state index in [1.807, 2.05) is 0 Å². The van der Waals surface area contributed by atoms with E-state index >= 15 is 0 Å². The first-order valence-corrected chi connectivity index (χ1v) is 7.38. The first-order chi connectivity index (χ1) is 9.36. The SMILES string of the molecule is CC(C)C(=O)NC1CCN(CCCCCO)CC1(F)F. The van der Waals surface area contributed by atoms with Gasteiger partial charge in [0.2, 0.25) is 5.91 Å². The highest BCUT2D eigenvalue weighted by Crippen LogP contribution is 2.27. The third-order valence-electron chi connectivity index (χ3n) is 3.65. The van der Waals surface area contributed by atoms with E-state index in [0.29, 0.717) is 13.1 Å². The van der Waals surface area contributed by atoms with Gasteiger partial charge in [-0.2, -0.15) is 0 Å². The number of amides is 1. The van der Waals surface area contributed by atoms with Gasteiger partial charge in [-0.3, -0.25) is 9.69 Å². The number of carbonyl (C=O) groups is 1. The zero-order valence-corrected chi connectivity index (χ0v) is 12.4. The Labute approximate surface area is 119 Å². The van der Waals surface area contributed by atoms with E-state index in [2.05, 4.69) is 5.32 Å². The number of nitrogens with one attached hydrogen (secondary N) is 1. The van der Waals surface area contributed by atoms with Crippen molar-refractivity contribution in [3.63, 3.8) is 0 Å². The fourth-order valence-corrected chi connectivity index (χ4v) is 2.34. The van der Waals surface area contributed by atoms with E-state index in [1.54, 1.807) is 18.7 Å². The highest BCUT2D eigenvalue weighted by molar-refractivity contribution is 5.78. The highest BCUT2D eigenvalue weighted by atomic mass is 19.3. The lowest BCUT2D eigenvalue weighted by Gasteiger charge is -2.38. The van der Waals surface area contributed by atoms with Crippen LogP contribution in [0.2, 0.25) is 0 Å². The minimum atomic E-state index is -2.88. The van der Waals surface area contributed by atoms with Crippen molar-refractivity contribution in [2.45, 2.75) is 51.5 Å². The Kier molecular flexibility index (Phi) is 6.82. The number of rotatable bonds is 7. The summed E-state index contributed by atoms with van der Waals surface area (Å²) in [6.07, 6.45) is 2.68. The van der Waals surface area contributed by atoms with E-state index in [9.17, 15) is 13.6 Å². The topological polar surface area (TPSA) is 52.6 Å². The number of unbranched alkanes of at least 4 members (excludes halogenated alkanes) is 2. The second kappa shape index (κ2) is 7.88. The number of aliphatic hydroxyl groups excluding tert-OH is 1. The number of hydrogen-bond donors (Lipinski definition) is 2. The Morgan fingerprint density at radius 2 is 2.10 bits per heavy atom. The van der Waals surface area contributed by atoms with Crippen LogP contribution in [0.4, 0.5) is 8.78 Å². The number of carbonyl (C=O) groups excluding carboxylic acids is 1. The van der Waals surface area contributed by atoms with Gasteiger partial charge in [0.15, 0.2) is 0 Å². The Balaban J connectivity index is 2.40. The largest absolute Gasteiger partial charge is 0.396 e. The van der Waals surface area contributed by atoms with Gasteiger partial charge in [0.1, 0.15) is 0 Å². The molecule has 118 valence electrons. The number of nitrogens with zero attached hydrogens (tertiary/aromatic N) is 1. The molecule has 0 aromatic rings. The van der Waals surface area contributed by atoms with Gasteiger partial charge in [-0.25, -0.2) is 8.78 Å². The molecule has 0 aromatic heterocycles. The quantitative estimate of drug-likeness (QED) is 0.701. The number of alkyl halides is 2. The second-order valence-electron chi connectivity index (χ2n) is 5.83. The average Bonchev–Trinajstić information content (AvgIpc) is 2.37. The molecule has 1 heterocycles. The molecule has 2 N–H and O–H groups in total. The second-order valence-corrected chi connectivity index (χ2v) is 5.83. The Morgan fingerprint density at radius 1 is 1.40 bits per heavy atom. The third-order valence-corrected chi connectivity index (χ3v) is 3.65. The molecule has 1 rings (SSSR count). The number of likely N-dealkylation sites (tertiary alicyclic amines) is 1. The number of piperidine rings is 1. The van der Waals surface area contributed by atoms with Crippen molar-refractivity contribution in [3.8, 4) is 0 Å². The summed E-state index contributed by atoms with van der Waals surface area (Å²) in [4.78, 5) is 13.3. The summed E-state index contributed by atoms with van der Waals surface area (Å²) in [5.74, 6) is -3.46. The Bertz CT molecular complexity index is 312. The Hall–Kier alpha value is -0.750. The molecule has 4 nitrogen and oxygen atoms in total. The van der Waals surface area contributed by atoms with Gasteiger partial charge in [0, 0.05) is 19.1 Å². The van der Waals surface area contributed by atoms with Crippen LogP contribution < -0.4 is 5.32 Å². The molecule has 20 heavy (non-hydrogen) atoms. The molecule has 1 unspecified atom stereocenters. The van der Waals surface area contributed by atoms with Gasteiger partial charge in [-0.1, -0.05) is 13.8 Å². The van der Waals surface area contributed by atoms with E-state index in [4.69, 9.17) is 5.11 Å². The molecule has 0 radical (unpaired) electrons. The molecule has 0 saturated carbocycles. The maximum atomic E-state index is 14.0. The summed E-state index contributed by atoms with van der Waals surface area (Å²) in [6, 6.07) is -1.05. The van der Waals surface area contributed by atoms with Crippen LogP contribution in [0.15, 0.2) is 0 Å². The summed E-state index contributed by atoms with van der Waals surface area (Å²) in [7, 11) is 0. The maximum Gasteiger partial charge on any atom is 0.280 e. The van der Waals surface area contributed by atoms with Gasteiger partial charge in [0.05, 0.1) is 12.6 Å². The number of aliphatic hydroxyl groups is 1. The predicted octanol–water partition coefficient (Wildman–Crippen LogP) is 1.63. The smallest absolute Gasteiger partial charge is 0.280 e. The molecule has 1 fully saturated rings. The van der Waals surface area contributed by atoms with Crippen molar-refractivity contribution < 1.29 is 18.7 Å². The zero-order valence-electron chi connectivity index (χ0n) is 12.4. The van der Waals surface area contributed by atoms with E-state index in [1.165, 1.54) is 0 Å². The van der Waals surface area contributed by atoms with Gasteiger partial charge < -0.3 is 10.4 Å². The van der Waals surface area contributed by atoms with Gasteiger partial charge >= 0.3 is 0 Å². The van der Waals surface area contributed by atoms with E-state index < -0.39 is 12.0 Å². The minimum Gasteiger partial charge on any atom is -0.396 e.